The molecule has 84 valence electrons. The topological polar surface area (TPSA) is 12.0 Å². The van der Waals surface area contributed by atoms with Gasteiger partial charge >= 0.3 is 0 Å². The van der Waals surface area contributed by atoms with Crippen LogP contribution < -0.4 is 5.32 Å². The summed E-state index contributed by atoms with van der Waals surface area (Å²) >= 11 is 1.67. The van der Waals surface area contributed by atoms with Crippen LogP contribution in [0, 0.1) is 12.7 Å². The molecule has 2 rings (SSSR count). The predicted molar refractivity (Wildman–Crippen MR) is 66.4 cm³/mol. The van der Waals surface area contributed by atoms with Gasteiger partial charge in [-0.05, 0) is 59.6 Å². The van der Waals surface area contributed by atoms with Crippen molar-refractivity contribution in [2.24, 2.45) is 0 Å². The molecule has 1 unspecified atom stereocenters. The van der Waals surface area contributed by atoms with Crippen molar-refractivity contribution in [3.8, 4) is 0 Å². The van der Waals surface area contributed by atoms with Crippen LogP contribution in [0.2, 0.25) is 0 Å². The Kier molecular flexibility index (Phi) is 3.36. The quantitative estimate of drug-likeness (QED) is 0.858. The fourth-order valence-corrected chi connectivity index (χ4v) is 2.59. The van der Waals surface area contributed by atoms with Crippen LogP contribution in [-0.4, -0.2) is 7.05 Å². The summed E-state index contributed by atoms with van der Waals surface area (Å²) < 4.78 is 13.0. The van der Waals surface area contributed by atoms with Crippen LogP contribution in [-0.2, 0) is 0 Å². The molecular formula is C13H14FNS. The summed E-state index contributed by atoms with van der Waals surface area (Å²) in [5.74, 6) is -0.179. The standard InChI is InChI=1S/C13H14FNS/c1-9-7-11(14)3-4-12(9)13(15-2)10-5-6-16-8-10/h3-8,13,15H,1-2H3. The molecule has 1 aromatic heterocycles. The highest BCUT2D eigenvalue weighted by Gasteiger charge is 2.14. The first-order chi connectivity index (χ1) is 7.72. The molecule has 3 heteroatoms. The third kappa shape index (κ3) is 2.15. The van der Waals surface area contributed by atoms with E-state index in [2.05, 4.69) is 22.1 Å². The maximum absolute atomic E-state index is 13.0. The first-order valence-corrected chi connectivity index (χ1v) is 6.12. The number of aryl methyl sites for hydroxylation is 1. The molecule has 0 aliphatic rings. The summed E-state index contributed by atoms with van der Waals surface area (Å²) in [6, 6.07) is 7.18. The van der Waals surface area contributed by atoms with Gasteiger partial charge in [-0.1, -0.05) is 6.07 Å². The molecule has 0 aliphatic heterocycles. The highest BCUT2D eigenvalue weighted by Crippen LogP contribution is 2.26. The number of hydrogen-bond acceptors (Lipinski definition) is 2. The second kappa shape index (κ2) is 4.76. The van der Waals surface area contributed by atoms with E-state index in [0.717, 1.165) is 11.1 Å². The zero-order valence-corrected chi connectivity index (χ0v) is 10.1. The number of hydrogen-bond donors (Lipinski definition) is 1. The van der Waals surface area contributed by atoms with Crippen molar-refractivity contribution in [3.63, 3.8) is 0 Å². The van der Waals surface area contributed by atoms with Crippen molar-refractivity contribution in [1.82, 2.24) is 5.32 Å². The summed E-state index contributed by atoms with van der Waals surface area (Å²) in [5.41, 5.74) is 3.33. The molecule has 0 saturated carbocycles. The first-order valence-electron chi connectivity index (χ1n) is 5.18. The van der Waals surface area contributed by atoms with Crippen LogP contribution in [0.5, 0.6) is 0 Å². The zero-order valence-electron chi connectivity index (χ0n) is 9.33. The van der Waals surface area contributed by atoms with Crippen molar-refractivity contribution < 1.29 is 4.39 Å². The molecule has 1 heterocycles. The molecule has 0 bridgehead atoms. The predicted octanol–water partition coefficient (Wildman–Crippen LogP) is 3.50. The lowest BCUT2D eigenvalue weighted by molar-refractivity contribution is 0.621. The average Bonchev–Trinajstić information content (AvgIpc) is 2.75. The summed E-state index contributed by atoms with van der Waals surface area (Å²) in [5, 5.41) is 7.43. The molecule has 0 radical (unpaired) electrons. The van der Waals surface area contributed by atoms with Gasteiger partial charge in [-0.3, -0.25) is 0 Å². The molecule has 16 heavy (non-hydrogen) atoms. The van der Waals surface area contributed by atoms with Gasteiger partial charge in [0.05, 0.1) is 6.04 Å². The molecule has 0 saturated heterocycles. The monoisotopic (exact) mass is 235 g/mol. The van der Waals surface area contributed by atoms with Gasteiger partial charge < -0.3 is 5.32 Å². The van der Waals surface area contributed by atoms with Crippen molar-refractivity contribution in [2.45, 2.75) is 13.0 Å². The molecule has 1 N–H and O–H groups in total. The van der Waals surface area contributed by atoms with Gasteiger partial charge in [-0.2, -0.15) is 11.3 Å². The number of rotatable bonds is 3. The second-order valence-electron chi connectivity index (χ2n) is 3.78. The number of nitrogens with one attached hydrogen (secondary N) is 1. The SMILES string of the molecule is CNC(c1ccsc1)c1ccc(F)cc1C. The number of thiophene rings is 1. The highest BCUT2D eigenvalue weighted by molar-refractivity contribution is 7.08. The van der Waals surface area contributed by atoms with Crippen molar-refractivity contribution >= 4 is 11.3 Å². The average molecular weight is 235 g/mol. The van der Waals surface area contributed by atoms with Crippen LogP contribution in [0.25, 0.3) is 0 Å². The molecule has 1 nitrogen and oxygen atoms in total. The first kappa shape index (κ1) is 11.3. The Hall–Kier alpha value is -1.19. The van der Waals surface area contributed by atoms with E-state index < -0.39 is 0 Å². The molecule has 0 spiro atoms. The van der Waals surface area contributed by atoms with E-state index in [0.29, 0.717) is 0 Å². The Morgan fingerprint density at radius 2 is 2.12 bits per heavy atom. The Morgan fingerprint density at radius 3 is 2.69 bits per heavy atom. The fraction of sp³-hybridized carbons (Fsp3) is 0.231. The van der Waals surface area contributed by atoms with Crippen LogP contribution in [0.3, 0.4) is 0 Å². The van der Waals surface area contributed by atoms with Gasteiger partial charge in [0.25, 0.3) is 0 Å². The maximum Gasteiger partial charge on any atom is 0.123 e. The molecule has 0 fully saturated rings. The number of halogens is 1. The van der Waals surface area contributed by atoms with Gasteiger partial charge in [-0.15, -0.1) is 0 Å². The lowest BCUT2D eigenvalue weighted by Crippen LogP contribution is -2.18. The second-order valence-corrected chi connectivity index (χ2v) is 4.56. The van der Waals surface area contributed by atoms with Crippen LogP contribution in [0.4, 0.5) is 4.39 Å². The molecular weight excluding hydrogens is 221 g/mol. The normalized spacial score (nSPS) is 12.7. The Bertz CT molecular complexity index is 465. The van der Waals surface area contributed by atoms with E-state index in [1.807, 2.05) is 20.0 Å². The van der Waals surface area contributed by atoms with Gasteiger partial charge in [-0.25, -0.2) is 4.39 Å². The Balaban J connectivity index is 2.41. The van der Waals surface area contributed by atoms with Gasteiger partial charge in [0.15, 0.2) is 0 Å². The minimum absolute atomic E-state index is 0.145. The van der Waals surface area contributed by atoms with Gasteiger partial charge in [0.1, 0.15) is 5.82 Å². The third-order valence-corrected chi connectivity index (χ3v) is 3.41. The summed E-state index contributed by atoms with van der Waals surface area (Å²) in [7, 11) is 1.92. The van der Waals surface area contributed by atoms with Crippen molar-refractivity contribution in [2.75, 3.05) is 7.05 Å². The summed E-state index contributed by atoms with van der Waals surface area (Å²) in [6.07, 6.45) is 0. The minimum Gasteiger partial charge on any atom is -0.309 e. The van der Waals surface area contributed by atoms with Crippen LogP contribution >= 0.6 is 11.3 Å². The molecule has 1 atom stereocenters. The Morgan fingerprint density at radius 1 is 1.31 bits per heavy atom. The van der Waals surface area contributed by atoms with E-state index in [9.17, 15) is 4.39 Å². The van der Waals surface area contributed by atoms with E-state index >= 15 is 0 Å². The minimum atomic E-state index is -0.179. The Labute approximate surface area is 98.9 Å². The van der Waals surface area contributed by atoms with Crippen molar-refractivity contribution in [1.29, 1.82) is 0 Å². The fourth-order valence-electron chi connectivity index (χ4n) is 1.90. The zero-order chi connectivity index (χ0) is 11.5. The molecule has 0 amide bonds. The van der Waals surface area contributed by atoms with Gasteiger partial charge in [0.2, 0.25) is 0 Å². The molecule has 2 aromatic rings. The maximum atomic E-state index is 13.0. The van der Waals surface area contributed by atoms with E-state index in [1.165, 1.54) is 11.6 Å². The lowest BCUT2D eigenvalue weighted by atomic mass is 9.97. The van der Waals surface area contributed by atoms with Crippen LogP contribution in [0.1, 0.15) is 22.7 Å². The van der Waals surface area contributed by atoms with Crippen molar-refractivity contribution in [3.05, 3.63) is 57.5 Å². The van der Waals surface area contributed by atoms with E-state index in [-0.39, 0.29) is 11.9 Å². The van der Waals surface area contributed by atoms with E-state index in [1.54, 1.807) is 17.4 Å². The molecule has 0 aliphatic carbocycles. The number of benzene rings is 1. The largest absolute Gasteiger partial charge is 0.309 e. The smallest absolute Gasteiger partial charge is 0.123 e. The highest BCUT2D eigenvalue weighted by atomic mass is 32.1. The summed E-state index contributed by atoms with van der Waals surface area (Å²) in [6.45, 7) is 1.94. The van der Waals surface area contributed by atoms with E-state index in [4.69, 9.17) is 0 Å². The molecule has 1 aromatic carbocycles. The van der Waals surface area contributed by atoms with Gasteiger partial charge in [0, 0.05) is 0 Å². The summed E-state index contributed by atoms with van der Waals surface area (Å²) in [4.78, 5) is 0. The third-order valence-electron chi connectivity index (χ3n) is 2.71. The van der Waals surface area contributed by atoms with Crippen LogP contribution in [0.15, 0.2) is 35.0 Å². The lowest BCUT2D eigenvalue weighted by Gasteiger charge is -2.17.